The fourth-order valence-corrected chi connectivity index (χ4v) is 10.7. The predicted octanol–water partition coefficient (Wildman–Crippen LogP) is 22.7. The molecule has 0 saturated carbocycles. The molecule has 1 rings (SSSR count). The first-order valence-corrected chi connectivity index (χ1v) is 34.3. The van der Waals surface area contributed by atoms with Gasteiger partial charge in [0.2, 0.25) is 0 Å². The summed E-state index contributed by atoms with van der Waals surface area (Å²) in [5.74, 6) is -2.84. The fourth-order valence-electron chi connectivity index (χ4n) is 10.7. The zero-order chi connectivity index (χ0) is 56.5. The molecule has 454 valence electrons. The third-order valence-electron chi connectivity index (χ3n) is 16.0. The molecule has 0 spiro atoms. The first-order valence-electron chi connectivity index (χ1n) is 34.3. The van der Waals surface area contributed by atoms with Crippen LogP contribution in [0.1, 0.15) is 403 Å². The number of hydrogen-bond acceptors (Lipinski definition) is 8. The van der Waals surface area contributed by atoms with Crippen molar-refractivity contribution in [3.63, 3.8) is 0 Å². The van der Waals surface area contributed by atoms with E-state index in [4.69, 9.17) is 18.9 Å². The van der Waals surface area contributed by atoms with Crippen LogP contribution in [0.2, 0.25) is 0 Å². The van der Waals surface area contributed by atoms with Crippen LogP contribution in [0.3, 0.4) is 0 Å². The summed E-state index contributed by atoms with van der Waals surface area (Å²) in [6.07, 6.45) is 62.9. The zero-order valence-corrected chi connectivity index (χ0v) is 52.0. The van der Waals surface area contributed by atoms with E-state index in [0.29, 0.717) is 25.7 Å². The minimum absolute atomic E-state index is 0.0824. The number of esters is 4. The molecule has 8 heteroatoms. The molecule has 1 aromatic carbocycles. The zero-order valence-electron chi connectivity index (χ0n) is 52.0. The maximum atomic E-state index is 14.0. The number of unbranched alkanes of at least 4 members (excludes halogenated alkanes) is 48. The van der Waals surface area contributed by atoms with Crippen molar-refractivity contribution in [1.82, 2.24) is 0 Å². The minimum Gasteiger partial charge on any atom is -0.462 e. The van der Waals surface area contributed by atoms with Gasteiger partial charge >= 0.3 is 23.9 Å². The molecule has 0 radical (unpaired) electrons. The first kappa shape index (κ1) is 73.1. The van der Waals surface area contributed by atoms with E-state index in [2.05, 4.69) is 27.7 Å². The maximum absolute atomic E-state index is 14.0. The van der Waals surface area contributed by atoms with Gasteiger partial charge in [0.15, 0.2) is 0 Å². The molecule has 0 amide bonds. The number of hydrogen-bond donors (Lipinski definition) is 0. The van der Waals surface area contributed by atoms with Crippen molar-refractivity contribution in [2.75, 3.05) is 26.4 Å². The number of benzene rings is 1. The lowest BCUT2D eigenvalue weighted by molar-refractivity contribution is 0.0434. The standard InChI is InChI=1S/C70H126O8/c1-5-9-13-17-21-25-29-33-37-41-45-49-53-57-75-67(71)63-61-65(69(73)77-59-55-51-47-43-39-35-31-27-23-19-15-11-7-3)66(70(74)78-60-56-52-48-44-40-36-32-28-24-20-16-12-8-4)62-64(63)68(72)76-58-54-50-46-42-38-34-30-26-22-18-14-10-6-2/h61-62H,5-60H2,1-4H3. The van der Waals surface area contributed by atoms with Crippen LogP contribution in [0.4, 0.5) is 0 Å². The molecule has 0 fully saturated rings. The minimum atomic E-state index is -0.709. The molecule has 0 bridgehead atoms. The Morgan fingerprint density at radius 3 is 0.449 bits per heavy atom. The van der Waals surface area contributed by atoms with Gasteiger partial charge in [-0.2, -0.15) is 0 Å². The number of carbonyl (C=O) groups is 4. The van der Waals surface area contributed by atoms with Gasteiger partial charge in [0, 0.05) is 0 Å². The van der Waals surface area contributed by atoms with Crippen molar-refractivity contribution in [2.45, 2.75) is 362 Å². The molecule has 0 aliphatic heterocycles. The molecular weight excluding hydrogens is 969 g/mol. The highest BCUT2D eigenvalue weighted by Gasteiger charge is 2.29. The molecule has 0 atom stereocenters. The highest BCUT2D eigenvalue weighted by molar-refractivity contribution is 6.10. The van der Waals surface area contributed by atoms with E-state index in [1.54, 1.807) is 0 Å². The van der Waals surface area contributed by atoms with Crippen LogP contribution in [0.15, 0.2) is 12.1 Å². The molecule has 0 aromatic heterocycles. The summed E-state index contributed by atoms with van der Waals surface area (Å²) in [7, 11) is 0. The summed E-state index contributed by atoms with van der Waals surface area (Å²) in [4.78, 5) is 55.9. The Hall–Kier alpha value is -2.90. The Kier molecular flexibility index (Phi) is 53.7. The van der Waals surface area contributed by atoms with Gasteiger partial charge < -0.3 is 18.9 Å². The highest BCUT2D eigenvalue weighted by Crippen LogP contribution is 2.24. The van der Waals surface area contributed by atoms with Crippen molar-refractivity contribution >= 4 is 23.9 Å². The third kappa shape index (κ3) is 43.8. The summed E-state index contributed by atoms with van der Waals surface area (Å²) < 4.78 is 23.2. The van der Waals surface area contributed by atoms with E-state index in [9.17, 15) is 19.2 Å². The molecule has 0 N–H and O–H groups in total. The Bertz CT molecular complexity index is 1300. The second-order valence-corrected chi connectivity index (χ2v) is 23.5. The lowest BCUT2D eigenvalue weighted by Crippen LogP contribution is -2.21. The largest absolute Gasteiger partial charge is 0.462 e. The van der Waals surface area contributed by atoms with Crippen molar-refractivity contribution in [2.24, 2.45) is 0 Å². The summed E-state index contributed by atoms with van der Waals surface area (Å²) in [5.41, 5.74) is -0.330. The van der Waals surface area contributed by atoms with Crippen molar-refractivity contribution < 1.29 is 38.1 Å². The monoisotopic (exact) mass is 1090 g/mol. The molecular formula is C70H126O8. The molecule has 0 unspecified atom stereocenters. The van der Waals surface area contributed by atoms with Gasteiger partial charge in [0.25, 0.3) is 0 Å². The quantitative estimate of drug-likeness (QED) is 0.0361. The van der Waals surface area contributed by atoms with Gasteiger partial charge in [-0.1, -0.05) is 336 Å². The van der Waals surface area contributed by atoms with E-state index in [-0.39, 0.29) is 48.7 Å². The SMILES string of the molecule is CCCCCCCCCCCCCCCOC(=O)c1cc(C(=O)OCCCCCCCCCCCCCCC)c(C(=O)OCCCCCCCCCCCCCCC)cc1C(=O)OCCCCCCCCCCCCCCC. The van der Waals surface area contributed by atoms with Crippen LogP contribution < -0.4 is 0 Å². The Labute approximate surface area is 482 Å². The predicted molar refractivity (Wildman–Crippen MR) is 330 cm³/mol. The van der Waals surface area contributed by atoms with E-state index in [0.717, 1.165) is 51.4 Å². The highest BCUT2D eigenvalue weighted by atomic mass is 16.5. The Morgan fingerprint density at radius 2 is 0.321 bits per heavy atom. The lowest BCUT2D eigenvalue weighted by atomic mass is 9.97. The maximum Gasteiger partial charge on any atom is 0.339 e. The van der Waals surface area contributed by atoms with Crippen LogP contribution in [0.5, 0.6) is 0 Å². The average molecular weight is 1100 g/mol. The van der Waals surface area contributed by atoms with Crippen LogP contribution in [0.25, 0.3) is 0 Å². The fraction of sp³-hybridized carbons (Fsp3) is 0.857. The third-order valence-corrected chi connectivity index (χ3v) is 16.0. The molecule has 0 aliphatic carbocycles. The van der Waals surface area contributed by atoms with E-state index < -0.39 is 23.9 Å². The summed E-state index contributed by atoms with van der Waals surface area (Å²) in [6.45, 7) is 9.85. The van der Waals surface area contributed by atoms with Crippen molar-refractivity contribution in [3.8, 4) is 0 Å². The van der Waals surface area contributed by atoms with Gasteiger partial charge in [-0.3, -0.25) is 0 Å². The van der Waals surface area contributed by atoms with E-state index in [1.807, 2.05) is 0 Å². The van der Waals surface area contributed by atoms with Crippen LogP contribution in [-0.4, -0.2) is 50.3 Å². The van der Waals surface area contributed by atoms with Gasteiger partial charge in [-0.05, 0) is 37.8 Å². The van der Waals surface area contributed by atoms with Gasteiger partial charge in [-0.25, -0.2) is 19.2 Å². The average Bonchev–Trinajstić information content (AvgIpc) is 3.46. The Morgan fingerprint density at radius 1 is 0.205 bits per heavy atom. The smallest absolute Gasteiger partial charge is 0.339 e. The summed E-state index contributed by atoms with van der Waals surface area (Å²) in [6, 6.07) is 2.64. The lowest BCUT2D eigenvalue weighted by Gasteiger charge is -2.15. The van der Waals surface area contributed by atoms with Gasteiger partial charge in [-0.15, -0.1) is 0 Å². The van der Waals surface area contributed by atoms with Gasteiger partial charge in [0.1, 0.15) is 0 Å². The number of rotatable bonds is 60. The molecule has 0 heterocycles. The Balaban J connectivity index is 3.00. The van der Waals surface area contributed by atoms with E-state index >= 15 is 0 Å². The van der Waals surface area contributed by atoms with E-state index in [1.165, 1.54) is 269 Å². The van der Waals surface area contributed by atoms with Crippen LogP contribution in [-0.2, 0) is 18.9 Å². The second-order valence-electron chi connectivity index (χ2n) is 23.5. The molecule has 0 saturated heterocycles. The van der Waals surface area contributed by atoms with Crippen molar-refractivity contribution in [3.05, 3.63) is 34.4 Å². The van der Waals surface area contributed by atoms with Crippen molar-refractivity contribution in [1.29, 1.82) is 0 Å². The first-order chi connectivity index (χ1) is 38.4. The molecule has 1 aromatic rings. The summed E-state index contributed by atoms with van der Waals surface area (Å²) in [5, 5.41) is 0. The van der Waals surface area contributed by atoms with Crippen LogP contribution in [0, 0.1) is 0 Å². The molecule has 78 heavy (non-hydrogen) atoms. The number of carbonyl (C=O) groups excluding carboxylic acids is 4. The summed E-state index contributed by atoms with van der Waals surface area (Å²) >= 11 is 0. The molecule has 0 aliphatic rings. The topological polar surface area (TPSA) is 105 Å². The van der Waals surface area contributed by atoms with Gasteiger partial charge in [0.05, 0.1) is 48.7 Å². The molecule has 8 nitrogen and oxygen atoms in total. The second kappa shape index (κ2) is 57.3. The number of ether oxygens (including phenoxy) is 4. The van der Waals surface area contributed by atoms with Crippen LogP contribution >= 0.6 is 0 Å². The normalized spacial score (nSPS) is 11.3.